The van der Waals surface area contributed by atoms with Crippen molar-refractivity contribution in [1.29, 1.82) is 0 Å². The van der Waals surface area contributed by atoms with Crippen molar-refractivity contribution in [2.45, 2.75) is 19.9 Å². The summed E-state index contributed by atoms with van der Waals surface area (Å²) in [5, 5.41) is 11.3. The molecule has 0 atom stereocenters. The van der Waals surface area contributed by atoms with Crippen LogP contribution in [-0.2, 0) is 20.0 Å². The Balaban J connectivity index is 1.77. The van der Waals surface area contributed by atoms with E-state index < -0.39 is 0 Å². The van der Waals surface area contributed by atoms with Gasteiger partial charge in [-0.15, -0.1) is 0 Å². The molecule has 2 heterocycles. The molecule has 0 fully saturated rings. The fourth-order valence-electron chi connectivity index (χ4n) is 2.45. The number of aromatic nitrogens is 4. The number of anilines is 1. The van der Waals surface area contributed by atoms with Crippen molar-refractivity contribution in [2.24, 2.45) is 7.05 Å². The first kappa shape index (κ1) is 17.3. The van der Waals surface area contributed by atoms with Crippen molar-refractivity contribution in [3.63, 3.8) is 0 Å². The average molecular weight is 406 g/mol. The Morgan fingerprint density at radius 2 is 2.08 bits per heavy atom. The molecule has 3 rings (SSSR count). The minimum atomic E-state index is -0.299. The summed E-state index contributed by atoms with van der Waals surface area (Å²) in [5.41, 5.74) is 1.82. The second-order valence-electron chi connectivity index (χ2n) is 5.57. The summed E-state index contributed by atoms with van der Waals surface area (Å²) in [6.07, 6.45) is 2.45. The maximum Gasteiger partial charge on any atom is 0.275 e. The Kier molecular flexibility index (Phi) is 4.98. The van der Waals surface area contributed by atoms with Crippen LogP contribution < -0.4 is 5.32 Å². The van der Waals surface area contributed by atoms with Gasteiger partial charge >= 0.3 is 0 Å². The summed E-state index contributed by atoms with van der Waals surface area (Å²) < 4.78 is 17.5. The van der Waals surface area contributed by atoms with Crippen LogP contribution in [0.1, 0.15) is 28.7 Å². The van der Waals surface area contributed by atoms with E-state index in [4.69, 9.17) is 0 Å². The lowest BCUT2D eigenvalue weighted by Gasteiger charge is -2.04. The molecule has 0 aliphatic rings. The van der Waals surface area contributed by atoms with Crippen molar-refractivity contribution < 1.29 is 9.18 Å². The van der Waals surface area contributed by atoms with Crippen LogP contribution in [0.2, 0.25) is 0 Å². The zero-order valence-electron chi connectivity index (χ0n) is 13.8. The van der Waals surface area contributed by atoms with Gasteiger partial charge in [-0.05, 0) is 34.5 Å². The Morgan fingerprint density at radius 1 is 1.32 bits per heavy atom. The number of carbonyl (C=O) groups is 1. The van der Waals surface area contributed by atoms with Crippen LogP contribution in [0.15, 0.2) is 41.0 Å². The van der Waals surface area contributed by atoms with Gasteiger partial charge in [0, 0.05) is 18.8 Å². The number of amides is 1. The number of benzene rings is 1. The van der Waals surface area contributed by atoms with Crippen LogP contribution in [0.4, 0.5) is 10.2 Å². The number of halogens is 2. The fourth-order valence-corrected chi connectivity index (χ4v) is 2.86. The molecule has 0 bridgehead atoms. The highest BCUT2D eigenvalue weighted by atomic mass is 79.9. The maximum atomic E-state index is 13.8. The SMILES string of the molecule is CCc1cc(C(=O)Nc2nn(Cc3ccccc3F)cc2Br)n(C)n1. The Hall–Kier alpha value is -2.48. The van der Waals surface area contributed by atoms with Crippen LogP contribution in [0.3, 0.4) is 0 Å². The molecule has 0 aliphatic heterocycles. The van der Waals surface area contributed by atoms with Gasteiger partial charge in [-0.2, -0.15) is 10.2 Å². The molecule has 1 aromatic carbocycles. The van der Waals surface area contributed by atoms with E-state index in [2.05, 4.69) is 31.4 Å². The van der Waals surface area contributed by atoms with Gasteiger partial charge < -0.3 is 5.32 Å². The predicted molar refractivity (Wildman–Crippen MR) is 96.0 cm³/mol. The summed E-state index contributed by atoms with van der Waals surface area (Å²) in [6, 6.07) is 8.27. The van der Waals surface area contributed by atoms with E-state index in [1.54, 1.807) is 46.9 Å². The van der Waals surface area contributed by atoms with Crippen LogP contribution in [0, 0.1) is 5.82 Å². The van der Waals surface area contributed by atoms with Crippen LogP contribution >= 0.6 is 15.9 Å². The lowest BCUT2D eigenvalue weighted by Crippen LogP contribution is -2.17. The molecule has 2 aromatic heterocycles. The third kappa shape index (κ3) is 3.79. The zero-order chi connectivity index (χ0) is 18.0. The molecular weight excluding hydrogens is 389 g/mol. The molecule has 0 unspecified atom stereocenters. The molecule has 8 heteroatoms. The van der Waals surface area contributed by atoms with E-state index >= 15 is 0 Å². The average Bonchev–Trinajstić information content (AvgIpc) is 3.12. The molecule has 0 aliphatic carbocycles. The van der Waals surface area contributed by atoms with Crippen LogP contribution in [-0.4, -0.2) is 25.5 Å². The minimum absolute atomic E-state index is 0.271. The molecule has 0 saturated heterocycles. The van der Waals surface area contributed by atoms with Crippen molar-refractivity contribution in [1.82, 2.24) is 19.6 Å². The molecule has 130 valence electrons. The molecule has 3 aromatic rings. The number of rotatable bonds is 5. The van der Waals surface area contributed by atoms with E-state index in [0.29, 0.717) is 21.5 Å². The van der Waals surface area contributed by atoms with Gasteiger partial charge in [-0.3, -0.25) is 14.2 Å². The first-order chi connectivity index (χ1) is 12.0. The maximum absolute atomic E-state index is 13.8. The lowest BCUT2D eigenvalue weighted by molar-refractivity contribution is 0.101. The predicted octanol–water partition coefficient (Wildman–Crippen LogP) is 3.38. The largest absolute Gasteiger partial charge is 0.303 e. The highest BCUT2D eigenvalue weighted by Crippen LogP contribution is 2.22. The molecule has 1 amide bonds. The minimum Gasteiger partial charge on any atom is -0.303 e. The Bertz CT molecular complexity index is 918. The first-order valence-electron chi connectivity index (χ1n) is 7.78. The quantitative estimate of drug-likeness (QED) is 0.707. The fraction of sp³-hybridized carbons (Fsp3) is 0.235. The number of nitrogens with zero attached hydrogens (tertiary/aromatic N) is 4. The van der Waals surface area contributed by atoms with E-state index in [9.17, 15) is 9.18 Å². The van der Waals surface area contributed by atoms with Crippen molar-refractivity contribution in [2.75, 3.05) is 5.32 Å². The summed E-state index contributed by atoms with van der Waals surface area (Å²) in [7, 11) is 1.72. The van der Waals surface area contributed by atoms with Gasteiger partial charge in [-0.25, -0.2) is 4.39 Å². The smallest absolute Gasteiger partial charge is 0.275 e. The highest BCUT2D eigenvalue weighted by molar-refractivity contribution is 9.10. The van der Waals surface area contributed by atoms with Gasteiger partial charge in [-0.1, -0.05) is 25.1 Å². The molecule has 6 nitrogen and oxygen atoms in total. The van der Waals surface area contributed by atoms with Gasteiger partial charge in [0.05, 0.1) is 16.7 Å². The number of nitrogens with one attached hydrogen (secondary N) is 1. The number of carbonyl (C=O) groups excluding carboxylic acids is 1. The van der Waals surface area contributed by atoms with E-state index in [1.165, 1.54) is 6.07 Å². The molecule has 1 N–H and O–H groups in total. The number of aryl methyl sites for hydroxylation is 2. The van der Waals surface area contributed by atoms with Gasteiger partial charge in [0.15, 0.2) is 5.82 Å². The van der Waals surface area contributed by atoms with Gasteiger partial charge in [0.2, 0.25) is 0 Å². The van der Waals surface area contributed by atoms with Crippen molar-refractivity contribution >= 4 is 27.7 Å². The molecule has 0 spiro atoms. The van der Waals surface area contributed by atoms with Crippen LogP contribution in [0.25, 0.3) is 0 Å². The van der Waals surface area contributed by atoms with E-state index in [0.717, 1.165) is 12.1 Å². The first-order valence-corrected chi connectivity index (χ1v) is 8.58. The van der Waals surface area contributed by atoms with Crippen molar-refractivity contribution in [3.05, 3.63) is 63.8 Å². The van der Waals surface area contributed by atoms with E-state index in [1.807, 2.05) is 6.92 Å². The third-order valence-corrected chi connectivity index (χ3v) is 4.34. The summed E-state index contributed by atoms with van der Waals surface area (Å²) >= 11 is 3.37. The van der Waals surface area contributed by atoms with Gasteiger partial charge in [0.25, 0.3) is 5.91 Å². The molecule has 0 radical (unpaired) electrons. The summed E-state index contributed by atoms with van der Waals surface area (Å²) in [6.45, 7) is 2.25. The third-order valence-electron chi connectivity index (χ3n) is 3.76. The standard InChI is InChI=1S/C17H17BrFN5O/c1-3-12-8-15(23(2)21-12)17(25)20-16-13(18)10-24(22-16)9-11-6-4-5-7-14(11)19/h4-8,10H,3,9H2,1-2H3,(H,20,22,25). The Morgan fingerprint density at radius 3 is 2.76 bits per heavy atom. The Labute approximate surface area is 152 Å². The van der Waals surface area contributed by atoms with Crippen molar-refractivity contribution in [3.8, 4) is 0 Å². The highest BCUT2D eigenvalue weighted by Gasteiger charge is 2.16. The monoisotopic (exact) mass is 405 g/mol. The topological polar surface area (TPSA) is 64.7 Å². The number of hydrogen-bond donors (Lipinski definition) is 1. The summed E-state index contributed by atoms with van der Waals surface area (Å²) in [5.74, 6) is -0.214. The molecular formula is C17H17BrFN5O. The second kappa shape index (κ2) is 7.18. The molecule has 0 saturated carbocycles. The lowest BCUT2D eigenvalue weighted by atomic mass is 10.2. The number of hydrogen-bond acceptors (Lipinski definition) is 3. The van der Waals surface area contributed by atoms with E-state index in [-0.39, 0.29) is 18.3 Å². The van der Waals surface area contributed by atoms with Crippen LogP contribution in [0.5, 0.6) is 0 Å². The van der Waals surface area contributed by atoms with Gasteiger partial charge in [0.1, 0.15) is 11.5 Å². The summed E-state index contributed by atoms with van der Waals surface area (Å²) in [4.78, 5) is 12.4. The zero-order valence-corrected chi connectivity index (χ0v) is 15.4. The normalized spacial score (nSPS) is 10.9. The second-order valence-corrected chi connectivity index (χ2v) is 6.42. The molecule has 25 heavy (non-hydrogen) atoms.